The predicted molar refractivity (Wildman–Crippen MR) is 259 cm³/mol. The van der Waals surface area contributed by atoms with Crippen LogP contribution in [0.4, 0.5) is 0 Å². The summed E-state index contributed by atoms with van der Waals surface area (Å²) in [4.78, 5) is 0. The van der Waals surface area contributed by atoms with Gasteiger partial charge in [0.25, 0.3) is 0 Å². The van der Waals surface area contributed by atoms with E-state index in [9.17, 15) is 0 Å². The van der Waals surface area contributed by atoms with Crippen LogP contribution in [0.1, 0.15) is 0 Å². The van der Waals surface area contributed by atoms with Gasteiger partial charge >= 0.3 is 0 Å². The van der Waals surface area contributed by atoms with Crippen LogP contribution < -0.4 is 0 Å². The van der Waals surface area contributed by atoms with Crippen LogP contribution in [0.15, 0.2) is 231 Å². The second-order valence-corrected chi connectivity index (χ2v) is 16.0. The Balaban J connectivity index is 1.13. The molecule has 0 aliphatic heterocycles. The van der Waals surface area contributed by atoms with E-state index in [4.69, 9.17) is 0 Å². The van der Waals surface area contributed by atoms with Gasteiger partial charge in [-0.25, -0.2) is 0 Å². The molecule has 0 bridgehead atoms. The molecule has 60 heavy (non-hydrogen) atoms. The average molecular weight is 759 g/mol. The van der Waals surface area contributed by atoms with Gasteiger partial charge in [-0.2, -0.15) is 0 Å². The number of fused-ring (bicyclic) bond motifs is 7. The molecule has 0 saturated heterocycles. The Bertz CT molecular complexity index is 3660. The van der Waals surface area contributed by atoms with E-state index in [1.54, 1.807) is 0 Å². The summed E-state index contributed by atoms with van der Waals surface area (Å²) in [5, 5.41) is 15.1. The maximum Gasteiger partial charge on any atom is -0.00259 e. The number of hydrogen-bond donors (Lipinski definition) is 0. The monoisotopic (exact) mass is 758 g/mol. The first-order valence-corrected chi connectivity index (χ1v) is 20.8. The largest absolute Gasteiger partial charge is 0.0616 e. The molecule has 0 spiro atoms. The topological polar surface area (TPSA) is 0 Å². The maximum atomic E-state index is 2.45. The summed E-state index contributed by atoms with van der Waals surface area (Å²) in [7, 11) is 0. The lowest BCUT2D eigenvalue weighted by Gasteiger charge is -2.20. The third-order valence-electron chi connectivity index (χ3n) is 12.6. The predicted octanol–water partition coefficient (Wildman–Crippen LogP) is 16.9. The van der Waals surface area contributed by atoms with Crippen LogP contribution in [0.5, 0.6) is 0 Å². The number of benzene rings is 12. The molecule has 12 aromatic rings. The first-order chi connectivity index (χ1) is 29.7. The lowest BCUT2D eigenvalue weighted by Crippen LogP contribution is -1.93. The lowest BCUT2D eigenvalue weighted by atomic mass is 9.83. The van der Waals surface area contributed by atoms with Crippen molar-refractivity contribution < 1.29 is 0 Å². The molecular weight excluding hydrogens is 721 g/mol. The van der Waals surface area contributed by atoms with Gasteiger partial charge in [0.05, 0.1) is 0 Å². The number of rotatable bonds is 5. The van der Waals surface area contributed by atoms with Crippen molar-refractivity contribution in [2.45, 2.75) is 0 Å². The van der Waals surface area contributed by atoms with Crippen molar-refractivity contribution in [3.05, 3.63) is 231 Å². The van der Waals surface area contributed by atoms with E-state index in [-0.39, 0.29) is 0 Å². The molecule has 0 aliphatic rings. The van der Waals surface area contributed by atoms with Gasteiger partial charge in [-0.1, -0.05) is 200 Å². The fraction of sp³-hybridized carbons (Fsp3) is 0. The summed E-state index contributed by atoms with van der Waals surface area (Å²) in [6.07, 6.45) is 0. The van der Waals surface area contributed by atoms with Crippen LogP contribution in [-0.2, 0) is 0 Å². The van der Waals surface area contributed by atoms with E-state index in [0.717, 1.165) is 0 Å². The second-order valence-electron chi connectivity index (χ2n) is 16.0. The minimum absolute atomic E-state index is 1.21. The molecule has 0 unspecified atom stereocenters. The molecule has 0 aromatic heterocycles. The summed E-state index contributed by atoms with van der Waals surface area (Å²) < 4.78 is 0. The highest BCUT2D eigenvalue weighted by Crippen LogP contribution is 2.47. The third-order valence-corrected chi connectivity index (χ3v) is 12.6. The van der Waals surface area contributed by atoms with Gasteiger partial charge in [-0.05, 0) is 151 Å². The van der Waals surface area contributed by atoms with Gasteiger partial charge in [0.1, 0.15) is 0 Å². The molecule has 0 radical (unpaired) electrons. The standard InChI is InChI=1S/C60H38/c1-2-16-41-34-43(31-30-39(41)14-1)42-19-11-21-47(35-42)60-55-28-10-9-27-54(55)59(56-33-32-46(38-58(56)60)50-29-13-18-40-15-3-5-23-49(40)50)48-22-12-20-44(36-48)57-37-45-17-4-6-24-51(45)52-25-7-8-26-53(52)57/h1-38H. The normalized spacial score (nSPS) is 11.7. The molecule has 12 aromatic carbocycles. The highest BCUT2D eigenvalue weighted by molar-refractivity contribution is 6.23. The van der Waals surface area contributed by atoms with Crippen molar-refractivity contribution in [2.24, 2.45) is 0 Å². The Morgan fingerprint density at radius 3 is 1.43 bits per heavy atom. The minimum Gasteiger partial charge on any atom is -0.0616 e. The molecule has 278 valence electrons. The zero-order chi connectivity index (χ0) is 39.6. The Labute approximate surface area is 349 Å². The van der Waals surface area contributed by atoms with E-state index in [2.05, 4.69) is 231 Å². The molecule has 0 fully saturated rings. The molecule has 0 N–H and O–H groups in total. The van der Waals surface area contributed by atoms with Gasteiger partial charge in [-0.15, -0.1) is 0 Å². The highest BCUT2D eigenvalue weighted by Gasteiger charge is 2.19. The summed E-state index contributed by atoms with van der Waals surface area (Å²) in [6.45, 7) is 0. The first-order valence-electron chi connectivity index (χ1n) is 20.8. The third kappa shape index (κ3) is 5.61. The Hall–Kier alpha value is -7.80. The average Bonchev–Trinajstić information content (AvgIpc) is 3.32. The van der Waals surface area contributed by atoms with Crippen molar-refractivity contribution in [3.63, 3.8) is 0 Å². The molecule has 0 heteroatoms. The van der Waals surface area contributed by atoms with Crippen molar-refractivity contribution >= 4 is 64.6 Å². The van der Waals surface area contributed by atoms with Crippen molar-refractivity contribution in [3.8, 4) is 55.6 Å². The van der Waals surface area contributed by atoms with Gasteiger partial charge in [0.2, 0.25) is 0 Å². The van der Waals surface area contributed by atoms with E-state index in [0.29, 0.717) is 0 Å². The Kier molecular flexibility index (Phi) is 7.96. The van der Waals surface area contributed by atoms with E-state index < -0.39 is 0 Å². The molecular formula is C60H38. The molecule has 0 aliphatic carbocycles. The van der Waals surface area contributed by atoms with E-state index >= 15 is 0 Å². The van der Waals surface area contributed by atoms with Crippen LogP contribution in [0, 0.1) is 0 Å². The van der Waals surface area contributed by atoms with Crippen LogP contribution in [0.2, 0.25) is 0 Å². The van der Waals surface area contributed by atoms with E-state index in [1.807, 2.05) is 0 Å². The maximum absolute atomic E-state index is 2.45. The molecule has 0 saturated carbocycles. The van der Waals surface area contributed by atoms with Gasteiger partial charge in [0.15, 0.2) is 0 Å². The van der Waals surface area contributed by atoms with Crippen LogP contribution >= 0.6 is 0 Å². The molecule has 0 heterocycles. The zero-order valence-corrected chi connectivity index (χ0v) is 32.9. The quantitative estimate of drug-likeness (QED) is 0.121. The smallest absolute Gasteiger partial charge is 0.00259 e. The summed E-state index contributed by atoms with van der Waals surface area (Å²) in [5.74, 6) is 0. The number of hydrogen-bond acceptors (Lipinski definition) is 0. The second kappa shape index (κ2) is 13.9. The Morgan fingerprint density at radius 2 is 0.650 bits per heavy atom. The summed E-state index contributed by atoms with van der Waals surface area (Å²) in [5.41, 5.74) is 12.3. The highest BCUT2D eigenvalue weighted by atomic mass is 14.2. The Morgan fingerprint density at radius 1 is 0.167 bits per heavy atom. The van der Waals surface area contributed by atoms with Crippen molar-refractivity contribution in [1.29, 1.82) is 0 Å². The summed E-state index contributed by atoms with van der Waals surface area (Å²) in [6, 6.07) is 85.3. The van der Waals surface area contributed by atoms with Gasteiger partial charge in [-0.3, -0.25) is 0 Å². The molecule has 0 amide bonds. The minimum atomic E-state index is 1.21. The first kappa shape index (κ1) is 34.3. The van der Waals surface area contributed by atoms with Gasteiger partial charge < -0.3 is 0 Å². The molecule has 0 atom stereocenters. The summed E-state index contributed by atoms with van der Waals surface area (Å²) >= 11 is 0. The fourth-order valence-corrected chi connectivity index (χ4v) is 9.80. The SMILES string of the molecule is c1cc(-c2ccc3ccccc3c2)cc(-c2c3ccccc3c(-c3cccc(-c4cc5ccccc5c5ccccc45)c3)c3ccc(-c4cccc5ccccc45)cc23)c1. The van der Waals surface area contributed by atoms with E-state index in [1.165, 1.54) is 120 Å². The fourth-order valence-electron chi connectivity index (χ4n) is 9.80. The molecule has 0 nitrogen and oxygen atoms in total. The van der Waals surface area contributed by atoms with Crippen molar-refractivity contribution in [2.75, 3.05) is 0 Å². The van der Waals surface area contributed by atoms with Crippen LogP contribution in [0.3, 0.4) is 0 Å². The molecule has 12 rings (SSSR count). The van der Waals surface area contributed by atoms with Crippen molar-refractivity contribution in [1.82, 2.24) is 0 Å². The van der Waals surface area contributed by atoms with Gasteiger partial charge in [0, 0.05) is 0 Å². The van der Waals surface area contributed by atoms with Crippen LogP contribution in [-0.4, -0.2) is 0 Å². The van der Waals surface area contributed by atoms with Crippen LogP contribution in [0.25, 0.3) is 120 Å². The zero-order valence-electron chi connectivity index (χ0n) is 32.9. The lowest BCUT2D eigenvalue weighted by molar-refractivity contribution is 1.62.